The summed E-state index contributed by atoms with van der Waals surface area (Å²) in [6, 6.07) is 9.08. The van der Waals surface area contributed by atoms with Gasteiger partial charge in [0.1, 0.15) is 6.61 Å². The zero-order chi connectivity index (χ0) is 13.8. The third kappa shape index (κ3) is 3.75. The lowest BCUT2D eigenvalue weighted by molar-refractivity contribution is 0.0688. The molecule has 98 valence electrons. The molecule has 0 unspecified atom stereocenters. The molecule has 0 aliphatic rings. The average Bonchev–Trinajstić information content (AvgIpc) is 2.36. The molecule has 0 atom stereocenters. The quantitative estimate of drug-likeness (QED) is 0.937. The predicted octanol–water partition coefficient (Wildman–Crippen LogP) is 2.82. The van der Waals surface area contributed by atoms with E-state index in [-0.39, 0.29) is 18.3 Å². The third-order valence-electron chi connectivity index (χ3n) is 2.31. The van der Waals surface area contributed by atoms with Crippen LogP contribution >= 0.6 is 15.9 Å². The fourth-order valence-corrected chi connectivity index (χ4v) is 1.94. The number of hydrogen-bond acceptors (Lipinski definition) is 4. The van der Waals surface area contributed by atoms with Crippen LogP contribution in [0.1, 0.15) is 21.7 Å². The number of carboxylic acid groups (broad SMARTS) is 1. The fourth-order valence-electron chi connectivity index (χ4n) is 1.49. The second kappa shape index (κ2) is 5.79. The van der Waals surface area contributed by atoms with Crippen molar-refractivity contribution in [3.63, 3.8) is 0 Å². The van der Waals surface area contributed by atoms with Gasteiger partial charge in [0.15, 0.2) is 5.69 Å². The van der Waals surface area contributed by atoms with E-state index in [0.717, 1.165) is 10.0 Å². The second-order valence-electron chi connectivity index (χ2n) is 3.90. The van der Waals surface area contributed by atoms with Crippen LogP contribution in [0.5, 0.6) is 6.01 Å². The molecule has 19 heavy (non-hydrogen) atoms. The molecule has 1 heterocycles. The van der Waals surface area contributed by atoms with Gasteiger partial charge in [-0.05, 0) is 30.7 Å². The zero-order valence-corrected chi connectivity index (χ0v) is 11.7. The number of aromatic nitrogens is 2. The van der Waals surface area contributed by atoms with Crippen LogP contribution in [-0.4, -0.2) is 21.0 Å². The maximum Gasteiger partial charge on any atom is 0.354 e. The molecule has 1 N–H and O–H groups in total. The van der Waals surface area contributed by atoms with Crippen LogP contribution in [0.25, 0.3) is 0 Å². The highest BCUT2D eigenvalue weighted by atomic mass is 79.9. The van der Waals surface area contributed by atoms with Crippen LogP contribution in [0, 0.1) is 6.92 Å². The normalized spacial score (nSPS) is 10.2. The molecule has 0 aliphatic carbocycles. The van der Waals surface area contributed by atoms with Crippen molar-refractivity contribution >= 4 is 21.9 Å². The molecule has 0 spiro atoms. The van der Waals surface area contributed by atoms with Crippen LogP contribution in [0.3, 0.4) is 0 Å². The van der Waals surface area contributed by atoms with E-state index in [1.165, 1.54) is 6.07 Å². The van der Waals surface area contributed by atoms with Gasteiger partial charge in [-0.1, -0.05) is 28.1 Å². The summed E-state index contributed by atoms with van der Waals surface area (Å²) >= 11 is 3.37. The number of nitrogens with zero attached hydrogens (tertiary/aromatic N) is 2. The molecular weight excluding hydrogens is 312 g/mol. The highest BCUT2D eigenvalue weighted by molar-refractivity contribution is 9.10. The van der Waals surface area contributed by atoms with Gasteiger partial charge in [0.2, 0.25) is 0 Å². The van der Waals surface area contributed by atoms with Crippen LogP contribution < -0.4 is 4.74 Å². The largest absolute Gasteiger partial charge is 0.477 e. The Morgan fingerprint density at radius 3 is 2.84 bits per heavy atom. The molecule has 0 saturated carbocycles. The fraction of sp³-hybridized carbons (Fsp3) is 0.154. The average molecular weight is 323 g/mol. The number of carboxylic acids is 1. The number of ether oxygens (including phenoxy) is 1. The van der Waals surface area contributed by atoms with E-state index in [0.29, 0.717) is 5.69 Å². The standard InChI is InChI=1S/C13H11BrN2O3/c1-8-5-11(12(17)18)16-13(15-8)19-7-9-3-2-4-10(14)6-9/h2-6H,7H2,1H3,(H,17,18). The topological polar surface area (TPSA) is 72.3 Å². The molecule has 1 aromatic carbocycles. The minimum absolute atomic E-state index is 0.0670. The van der Waals surface area contributed by atoms with Gasteiger partial charge in [-0.2, -0.15) is 4.98 Å². The molecule has 2 rings (SSSR count). The second-order valence-corrected chi connectivity index (χ2v) is 4.82. The monoisotopic (exact) mass is 322 g/mol. The van der Waals surface area contributed by atoms with Crippen LogP contribution in [0.2, 0.25) is 0 Å². The van der Waals surface area contributed by atoms with Gasteiger partial charge in [0.25, 0.3) is 0 Å². The van der Waals surface area contributed by atoms with E-state index < -0.39 is 5.97 Å². The summed E-state index contributed by atoms with van der Waals surface area (Å²) < 4.78 is 6.36. The van der Waals surface area contributed by atoms with Gasteiger partial charge in [0, 0.05) is 10.2 Å². The van der Waals surface area contributed by atoms with Gasteiger partial charge in [-0.3, -0.25) is 0 Å². The lowest BCUT2D eigenvalue weighted by Gasteiger charge is -2.06. The van der Waals surface area contributed by atoms with Crippen molar-refractivity contribution < 1.29 is 14.6 Å². The van der Waals surface area contributed by atoms with Gasteiger partial charge in [0.05, 0.1) is 0 Å². The highest BCUT2D eigenvalue weighted by Gasteiger charge is 2.09. The molecule has 0 aliphatic heterocycles. The smallest absolute Gasteiger partial charge is 0.354 e. The zero-order valence-electron chi connectivity index (χ0n) is 10.1. The molecule has 0 saturated heterocycles. The van der Waals surface area contributed by atoms with Gasteiger partial charge < -0.3 is 9.84 Å². The molecule has 0 radical (unpaired) electrons. The van der Waals surface area contributed by atoms with E-state index in [1.54, 1.807) is 6.92 Å². The Balaban J connectivity index is 2.13. The highest BCUT2D eigenvalue weighted by Crippen LogP contribution is 2.14. The van der Waals surface area contributed by atoms with E-state index in [1.807, 2.05) is 24.3 Å². The summed E-state index contributed by atoms with van der Waals surface area (Å²) in [7, 11) is 0. The number of benzene rings is 1. The van der Waals surface area contributed by atoms with Crippen molar-refractivity contribution in [3.8, 4) is 6.01 Å². The van der Waals surface area contributed by atoms with E-state index in [2.05, 4.69) is 25.9 Å². The molecule has 0 amide bonds. The minimum atomic E-state index is -1.10. The molecule has 5 nitrogen and oxygen atoms in total. The van der Waals surface area contributed by atoms with Gasteiger partial charge >= 0.3 is 12.0 Å². The summed E-state index contributed by atoms with van der Waals surface area (Å²) in [5.74, 6) is -1.10. The number of hydrogen-bond donors (Lipinski definition) is 1. The van der Waals surface area contributed by atoms with Crippen molar-refractivity contribution in [1.29, 1.82) is 0 Å². The first-order valence-corrected chi connectivity index (χ1v) is 6.30. The predicted molar refractivity (Wildman–Crippen MR) is 72.2 cm³/mol. The van der Waals surface area contributed by atoms with E-state index >= 15 is 0 Å². The van der Waals surface area contributed by atoms with E-state index in [9.17, 15) is 4.79 Å². The molecule has 2 aromatic rings. The first kappa shape index (κ1) is 13.5. The maximum atomic E-state index is 10.9. The minimum Gasteiger partial charge on any atom is -0.477 e. The lowest BCUT2D eigenvalue weighted by Crippen LogP contribution is -2.06. The van der Waals surface area contributed by atoms with Crippen molar-refractivity contribution in [2.45, 2.75) is 13.5 Å². The summed E-state index contributed by atoms with van der Waals surface area (Å²) in [4.78, 5) is 18.7. The summed E-state index contributed by atoms with van der Waals surface area (Å²) in [5, 5.41) is 8.90. The molecular formula is C13H11BrN2O3. The Hall–Kier alpha value is -1.95. The Morgan fingerprint density at radius 1 is 1.37 bits per heavy atom. The van der Waals surface area contributed by atoms with Crippen LogP contribution in [-0.2, 0) is 6.61 Å². The Morgan fingerprint density at radius 2 is 2.16 bits per heavy atom. The van der Waals surface area contributed by atoms with Crippen molar-refractivity contribution in [3.05, 3.63) is 51.8 Å². The lowest BCUT2D eigenvalue weighted by atomic mass is 10.2. The van der Waals surface area contributed by atoms with Crippen LogP contribution in [0.4, 0.5) is 0 Å². The SMILES string of the molecule is Cc1cc(C(=O)O)nc(OCc2cccc(Br)c2)n1. The Labute approximate surface area is 118 Å². The first-order valence-electron chi connectivity index (χ1n) is 5.51. The molecule has 6 heteroatoms. The summed E-state index contributed by atoms with van der Waals surface area (Å²) in [5.41, 5.74) is 1.42. The maximum absolute atomic E-state index is 10.9. The number of rotatable bonds is 4. The first-order chi connectivity index (χ1) is 9.04. The number of halogens is 1. The van der Waals surface area contributed by atoms with Gasteiger partial charge in [-0.25, -0.2) is 9.78 Å². The Bertz CT molecular complexity index is 617. The van der Waals surface area contributed by atoms with Crippen molar-refractivity contribution in [2.24, 2.45) is 0 Å². The van der Waals surface area contributed by atoms with Crippen molar-refractivity contribution in [1.82, 2.24) is 9.97 Å². The molecule has 0 bridgehead atoms. The van der Waals surface area contributed by atoms with Crippen molar-refractivity contribution in [2.75, 3.05) is 0 Å². The third-order valence-corrected chi connectivity index (χ3v) is 2.80. The Kier molecular flexibility index (Phi) is 4.11. The number of carbonyl (C=O) groups is 1. The van der Waals surface area contributed by atoms with Gasteiger partial charge in [-0.15, -0.1) is 0 Å². The number of aromatic carboxylic acids is 1. The molecule has 0 fully saturated rings. The summed E-state index contributed by atoms with van der Waals surface area (Å²) in [6.07, 6.45) is 0. The van der Waals surface area contributed by atoms with E-state index in [4.69, 9.17) is 9.84 Å². The number of aryl methyl sites for hydroxylation is 1. The van der Waals surface area contributed by atoms with Crippen LogP contribution in [0.15, 0.2) is 34.8 Å². The molecule has 1 aromatic heterocycles. The summed E-state index contributed by atoms with van der Waals surface area (Å²) in [6.45, 7) is 1.97.